The summed E-state index contributed by atoms with van der Waals surface area (Å²) in [6.07, 6.45) is 7.07. The predicted molar refractivity (Wildman–Crippen MR) is 486 cm³/mol. The number of halogens is 5. The van der Waals surface area contributed by atoms with Gasteiger partial charge in [-0.1, -0.05) is 100 Å². The van der Waals surface area contributed by atoms with Gasteiger partial charge in [0.1, 0.15) is 11.6 Å². The van der Waals surface area contributed by atoms with E-state index in [4.69, 9.17) is 101 Å². The van der Waals surface area contributed by atoms with Crippen molar-refractivity contribution < 1.29 is 82.3 Å². The zero-order valence-corrected chi connectivity index (χ0v) is 78.2. The number of Topliss-reactive ketones (excluding diaryl/α,β-unsaturated/α-hetero) is 2. The van der Waals surface area contributed by atoms with E-state index in [1.54, 1.807) is 60.7 Å². The van der Waals surface area contributed by atoms with Gasteiger partial charge in [0.05, 0.1) is 120 Å². The molecule has 0 saturated heterocycles. The van der Waals surface area contributed by atoms with Crippen molar-refractivity contribution in [3.63, 3.8) is 0 Å². The first-order valence-electron chi connectivity index (χ1n) is 43.0. The van der Waals surface area contributed by atoms with Crippen LogP contribution in [0, 0.1) is 6.92 Å². The van der Waals surface area contributed by atoms with Crippen molar-refractivity contribution in [1.82, 2.24) is 39.7 Å². The number of nitrogens with zero attached hydrogens (tertiary/aromatic N) is 4. The van der Waals surface area contributed by atoms with E-state index in [1.807, 2.05) is 70.5 Å². The quantitative estimate of drug-likeness (QED) is 0.0258. The van der Waals surface area contributed by atoms with E-state index in [1.165, 1.54) is 0 Å². The van der Waals surface area contributed by atoms with E-state index < -0.39 is 29.9 Å². The molecule has 9 rings (SSSR count). The first-order chi connectivity index (χ1) is 59.7. The molecule has 0 saturated carbocycles. The average Bonchev–Trinajstić information content (AvgIpc) is 0.782. The Labute approximate surface area is 759 Å². The normalized spacial score (nSPS) is 15.9. The van der Waals surface area contributed by atoms with Crippen LogP contribution in [0.25, 0.3) is 0 Å². The van der Waals surface area contributed by atoms with Gasteiger partial charge < -0.3 is 72.9 Å². The van der Waals surface area contributed by atoms with Gasteiger partial charge in [-0.3, -0.25) is 9.59 Å². The number of carbonyl (C=O) groups is 3. The number of unbranched alkanes of at least 4 members (excludes halogenated alkanes) is 2. The molecule has 26 nitrogen and oxygen atoms in total. The number of rotatable bonds is 61. The van der Waals surface area contributed by atoms with Crippen LogP contribution in [0.3, 0.4) is 0 Å². The van der Waals surface area contributed by atoms with Crippen LogP contribution in [-0.2, 0) is 102 Å². The van der Waals surface area contributed by atoms with Crippen molar-refractivity contribution in [2.75, 3.05) is 211 Å². The predicted octanol–water partition coefficient (Wildman–Crippen LogP) is 13.3. The number of ketones is 2. The second kappa shape index (κ2) is 54.3. The molecule has 0 fully saturated rings. The molecule has 6 aromatic rings. The summed E-state index contributed by atoms with van der Waals surface area (Å²) < 4.78 is 136. The van der Waals surface area contributed by atoms with Gasteiger partial charge in [0, 0.05) is 154 Å². The number of sulfone groups is 1. The fourth-order valence-corrected chi connectivity index (χ4v) is 20.4. The standard InChI is InChI=1S/C90H125Cl5N8O18S3/c1-67-52-78-81(61-100(2)64-84(78)87(93)53-67)68-16-9-23-75(54-68)122(107,108)51-15-35-115-41-47-119-45-39-113-33-12-21-73(104)19-5-7-30-103(31-8-6-20-74(105)22-13-34-114-40-46-120-49-43-117-37-28-98-123(109,110)76-24-10-17-69(55-76)82-62-101(3)65-85-79(82)57-71(91)59-88(85)94)32-14-26-96-90(106)97-27-36-116-42-48-121-50-44-118-38-29-99-124(111,112)77-25-11-18-70(56-77)83-63-102(4)66-86-80(83)58-72(92)60-89(86)95/h9-11,16-18,23-25,52-60,81-83,98-99H,5-8,12-15,19-22,26-51,61-66H2,1-4H3,(H2,96,97,106)/t81-,82-,83-/m0/s1. The molecule has 0 bridgehead atoms. The van der Waals surface area contributed by atoms with Crippen molar-refractivity contribution >= 4 is 105 Å². The van der Waals surface area contributed by atoms with Gasteiger partial charge >= 0.3 is 6.03 Å². The number of likely N-dealkylation sites (N-methyl/N-ethyl adjacent to an activating group) is 3. The monoisotopic (exact) mass is 1880 g/mol. The topological polar surface area (TPSA) is 298 Å². The van der Waals surface area contributed by atoms with Crippen LogP contribution >= 0.6 is 58.0 Å². The lowest BCUT2D eigenvalue weighted by molar-refractivity contribution is -0.120. The molecule has 3 aliphatic heterocycles. The number of hydrogen-bond acceptors (Lipinski definition) is 22. The summed E-state index contributed by atoms with van der Waals surface area (Å²) in [5.41, 5.74) is 9.91. The third kappa shape index (κ3) is 35.1. The molecule has 0 spiro atoms. The Balaban J connectivity index is 0.584. The van der Waals surface area contributed by atoms with Crippen LogP contribution in [0.4, 0.5) is 4.79 Å². The van der Waals surface area contributed by atoms with Gasteiger partial charge in [-0.2, -0.15) is 0 Å². The summed E-state index contributed by atoms with van der Waals surface area (Å²) in [5, 5.41) is 8.74. The summed E-state index contributed by atoms with van der Waals surface area (Å²) in [6, 6.07) is 32.2. The SMILES string of the molecule is Cc1cc(Cl)c2c(c1)[C@H](c1cccc(S(=O)(=O)CCCOCCOCCOCCCC(=O)CCCCN(CCCCC(=O)CCCOCCOCCOCCNS(=O)(=O)c3cccc([C@@H]4CN(C)Cc5c(Cl)cc(Cl)cc54)c3)CCCNC(=O)NCCOCCOCCOCCNS(=O)(=O)c3cccc([C@@H]4CN(C)Cc5c(Cl)cc(Cl)cc54)c3)c1)CN(C)C2. The molecule has 4 N–H and O–H groups in total. The molecule has 3 heterocycles. The molecule has 2 amide bonds. The molecule has 3 aliphatic rings. The molecular weight excluding hydrogens is 1750 g/mol. The third-order valence-corrected chi connectivity index (χ3v) is 27.9. The number of urea groups is 1. The number of ether oxygens (including phenoxy) is 9. The van der Waals surface area contributed by atoms with Crippen molar-refractivity contribution in [2.45, 2.75) is 136 Å². The van der Waals surface area contributed by atoms with E-state index in [-0.39, 0.29) is 110 Å². The molecule has 686 valence electrons. The number of nitrogens with one attached hydrogen (secondary N) is 4. The smallest absolute Gasteiger partial charge is 0.314 e. The van der Waals surface area contributed by atoms with Gasteiger partial charge in [0.15, 0.2) is 9.84 Å². The Morgan fingerprint density at radius 3 is 1.15 bits per heavy atom. The lowest BCUT2D eigenvalue weighted by Gasteiger charge is -2.33. The van der Waals surface area contributed by atoms with Gasteiger partial charge in [-0.15, -0.1) is 0 Å². The van der Waals surface area contributed by atoms with E-state index in [0.717, 1.165) is 113 Å². The highest BCUT2D eigenvalue weighted by molar-refractivity contribution is 7.91. The minimum Gasteiger partial charge on any atom is -0.379 e. The summed E-state index contributed by atoms with van der Waals surface area (Å²) in [4.78, 5) is 48.0. The molecule has 3 atom stereocenters. The minimum atomic E-state index is -3.82. The number of sulfonamides is 2. The molecule has 124 heavy (non-hydrogen) atoms. The lowest BCUT2D eigenvalue weighted by Crippen LogP contribution is -2.39. The highest BCUT2D eigenvalue weighted by Gasteiger charge is 2.32. The fraction of sp³-hybridized carbons (Fsp3) is 0.567. The zero-order chi connectivity index (χ0) is 88.7. The van der Waals surface area contributed by atoms with Crippen LogP contribution < -0.4 is 20.1 Å². The molecule has 0 radical (unpaired) electrons. The number of benzene rings is 6. The number of amides is 2. The van der Waals surface area contributed by atoms with Crippen LogP contribution in [0.2, 0.25) is 25.1 Å². The second-order valence-corrected chi connectivity index (χ2v) is 39.5. The fourth-order valence-electron chi connectivity index (χ4n) is 15.5. The lowest BCUT2D eigenvalue weighted by atomic mass is 9.84. The molecule has 34 heteroatoms. The largest absolute Gasteiger partial charge is 0.379 e. The van der Waals surface area contributed by atoms with Gasteiger partial charge in [0.25, 0.3) is 0 Å². The Morgan fingerprint density at radius 1 is 0.379 bits per heavy atom. The molecule has 0 aliphatic carbocycles. The average molecular weight is 1880 g/mol. The van der Waals surface area contributed by atoms with Crippen molar-refractivity contribution in [2.24, 2.45) is 0 Å². The number of carbonyl (C=O) groups excluding carboxylic acids is 3. The van der Waals surface area contributed by atoms with Crippen molar-refractivity contribution in [3.8, 4) is 0 Å². The van der Waals surface area contributed by atoms with Crippen LogP contribution in [-0.4, -0.2) is 274 Å². The summed E-state index contributed by atoms with van der Waals surface area (Å²) in [7, 11) is -5.12. The highest BCUT2D eigenvalue weighted by Crippen LogP contribution is 2.42. The first kappa shape index (κ1) is 102. The second-order valence-electron chi connectivity index (χ2n) is 31.7. The Hall–Kier alpha value is -5.37. The first-order valence-corrected chi connectivity index (χ1v) is 49.5. The van der Waals surface area contributed by atoms with E-state index in [9.17, 15) is 39.6 Å². The van der Waals surface area contributed by atoms with Crippen LogP contribution in [0.1, 0.15) is 150 Å². The number of fused-ring (bicyclic) bond motifs is 3. The maximum Gasteiger partial charge on any atom is 0.314 e. The molecule has 0 aromatic heterocycles. The zero-order valence-electron chi connectivity index (χ0n) is 72.0. The minimum absolute atomic E-state index is 0.00584. The highest BCUT2D eigenvalue weighted by atomic mass is 35.5. The van der Waals surface area contributed by atoms with Gasteiger partial charge in [-0.25, -0.2) is 39.5 Å². The van der Waals surface area contributed by atoms with Crippen molar-refractivity contribution in [1.29, 1.82) is 0 Å². The molecule has 6 aromatic carbocycles. The molecular formula is C90H125Cl5N8O18S3. The Bertz CT molecular complexity index is 4240. The van der Waals surface area contributed by atoms with Crippen LogP contribution in [0.5, 0.6) is 0 Å². The number of hydrogen-bond donors (Lipinski definition) is 4. The van der Waals surface area contributed by atoms with Crippen molar-refractivity contribution in [3.05, 3.63) is 190 Å². The summed E-state index contributed by atoms with van der Waals surface area (Å²) >= 11 is 32.6. The maximum atomic E-state index is 13.4. The molecule has 0 unspecified atom stereocenters. The van der Waals surface area contributed by atoms with Crippen LogP contribution in [0.15, 0.2) is 124 Å². The summed E-state index contributed by atoms with van der Waals surface area (Å²) in [5.74, 6) is 0.111. The van der Waals surface area contributed by atoms with E-state index in [0.29, 0.717) is 195 Å². The third-order valence-electron chi connectivity index (χ3n) is 21.7. The Kier molecular flexibility index (Phi) is 44.8. The van der Waals surface area contributed by atoms with E-state index >= 15 is 0 Å². The summed E-state index contributed by atoms with van der Waals surface area (Å²) in [6.45, 7) is 14.9. The van der Waals surface area contributed by atoms with Gasteiger partial charge in [-0.05, 0) is 221 Å². The Morgan fingerprint density at radius 2 is 0.718 bits per heavy atom. The van der Waals surface area contributed by atoms with E-state index in [2.05, 4.69) is 45.7 Å². The maximum absolute atomic E-state index is 13.4. The number of aryl methyl sites for hydroxylation is 1. The van der Waals surface area contributed by atoms with Gasteiger partial charge in [0.2, 0.25) is 20.0 Å².